The molecule has 174 valence electrons. The lowest BCUT2D eigenvalue weighted by Gasteiger charge is -2.33. The van der Waals surface area contributed by atoms with Crippen molar-refractivity contribution in [3.63, 3.8) is 0 Å². The number of likely N-dealkylation sites (tertiary alicyclic amines) is 1. The molecule has 33 heavy (non-hydrogen) atoms. The first-order valence-electron chi connectivity index (χ1n) is 10.6. The summed E-state index contributed by atoms with van der Waals surface area (Å²) < 4.78 is 11.0. The van der Waals surface area contributed by atoms with E-state index in [9.17, 15) is 9.59 Å². The van der Waals surface area contributed by atoms with Gasteiger partial charge in [-0.3, -0.25) is 23.8 Å². The van der Waals surface area contributed by atoms with E-state index >= 15 is 0 Å². The van der Waals surface area contributed by atoms with Gasteiger partial charge in [0.25, 0.3) is 6.47 Å². The molecule has 12 nitrogen and oxygen atoms in total. The molecule has 5 rings (SSSR count). The second-order valence-electron chi connectivity index (χ2n) is 7.93. The van der Waals surface area contributed by atoms with Crippen LogP contribution in [0.2, 0.25) is 0 Å². The van der Waals surface area contributed by atoms with Crippen molar-refractivity contribution in [3.05, 3.63) is 64.9 Å². The highest BCUT2D eigenvalue weighted by molar-refractivity contribution is 5.76. The van der Waals surface area contributed by atoms with Crippen LogP contribution in [-0.4, -0.2) is 70.2 Å². The van der Waals surface area contributed by atoms with Gasteiger partial charge in [0.1, 0.15) is 12.2 Å². The summed E-state index contributed by atoms with van der Waals surface area (Å²) in [5.74, 6) is 0.694. The van der Waals surface area contributed by atoms with E-state index in [-0.39, 0.29) is 24.7 Å². The van der Waals surface area contributed by atoms with Crippen molar-refractivity contribution in [3.8, 4) is 0 Å². The van der Waals surface area contributed by atoms with Gasteiger partial charge in [-0.25, -0.2) is 9.48 Å². The standard InChI is InChI=1S/C20H23N7O3.CH2O2/c28-18(5-10-25-9-3-8-22-25)24-11-6-20(14-24)15-26-17(13-30-20)23-27(19(26)29)12-16-4-1-2-7-21-16;2-1-3/h1-4,7-9H,5-6,10-15H2;1H,(H,2,3). The van der Waals surface area contributed by atoms with Crippen molar-refractivity contribution in [1.29, 1.82) is 0 Å². The van der Waals surface area contributed by atoms with Crippen LogP contribution in [0.1, 0.15) is 24.4 Å². The van der Waals surface area contributed by atoms with E-state index in [1.54, 1.807) is 21.6 Å². The maximum Gasteiger partial charge on any atom is 0.346 e. The number of carbonyl (C=O) groups excluding carboxylic acids is 1. The van der Waals surface area contributed by atoms with Crippen LogP contribution < -0.4 is 5.69 Å². The zero-order valence-corrected chi connectivity index (χ0v) is 18.0. The van der Waals surface area contributed by atoms with Crippen molar-refractivity contribution in [2.45, 2.75) is 44.7 Å². The van der Waals surface area contributed by atoms with Crippen LogP contribution in [0.15, 0.2) is 47.7 Å². The quantitative estimate of drug-likeness (QED) is 0.530. The molecule has 0 aliphatic carbocycles. The van der Waals surface area contributed by atoms with Crippen molar-refractivity contribution < 1.29 is 19.4 Å². The number of rotatable bonds is 5. The number of aromatic nitrogens is 6. The number of carbonyl (C=O) groups is 2. The molecule has 3 aromatic heterocycles. The SMILES string of the molecule is O=C(CCn1cccn1)N1CCC2(C1)Cn1c(nn(Cc3ccccn3)c1=O)CO2.O=CO. The first-order valence-corrected chi connectivity index (χ1v) is 10.6. The Balaban J connectivity index is 0.000000821. The zero-order valence-electron chi connectivity index (χ0n) is 18.0. The van der Waals surface area contributed by atoms with E-state index in [1.165, 1.54) is 4.68 Å². The van der Waals surface area contributed by atoms with Gasteiger partial charge < -0.3 is 14.7 Å². The third kappa shape index (κ3) is 5.00. The average molecular weight is 455 g/mol. The highest BCUT2D eigenvalue weighted by Gasteiger charge is 2.44. The average Bonchev–Trinajstić information content (AvgIpc) is 3.55. The molecule has 2 aliphatic heterocycles. The lowest BCUT2D eigenvalue weighted by Crippen LogP contribution is -2.47. The van der Waals surface area contributed by atoms with Crippen LogP contribution in [-0.2, 0) is 40.6 Å². The molecule has 0 saturated carbocycles. The molecule has 0 bridgehead atoms. The van der Waals surface area contributed by atoms with Gasteiger partial charge in [0, 0.05) is 38.1 Å². The Morgan fingerprint density at radius 3 is 2.82 bits per heavy atom. The van der Waals surface area contributed by atoms with Crippen molar-refractivity contribution in [1.82, 2.24) is 34.0 Å². The summed E-state index contributed by atoms with van der Waals surface area (Å²) in [5.41, 5.74) is 0.0825. The number of hydrogen-bond donors (Lipinski definition) is 1. The number of nitrogens with zero attached hydrogens (tertiary/aromatic N) is 7. The maximum absolute atomic E-state index is 12.9. The third-order valence-corrected chi connectivity index (χ3v) is 5.77. The van der Waals surface area contributed by atoms with Crippen molar-refractivity contribution in [2.75, 3.05) is 13.1 Å². The van der Waals surface area contributed by atoms with Gasteiger partial charge in [-0.05, 0) is 24.6 Å². The van der Waals surface area contributed by atoms with E-state index in [2.05, 4.69) is 15.2 Å². The van der Waals surface area contributed by atoms with Crippen molar-refractivity contribution in [2.24, 2.45) is 0 Å². The van der Waals surface area contributed by atoms with Gasteiger partial charge >= 0.3 is 5.69 Å². The minimum absolute atomic E-state index is 0.0787. The topological polar surface area (TPSA) is 137 Å². The van der Waals surface area contributed by atoms with Gasteiger partial charge in [0.05, 0.1) is 25.3 Å². The van der Waals surface area contributed by atoms with Gasteiger partial charge in [-0.1, -0.05) is 6.07 Å². The zero-order chi connectivity index (χ0) is 23.3. The molecule has 1 saturated heterocycles. The molecule has 1 spiro atoms. The Morgan fingerprint density at radius 1 is 1.24 bits per heavy atom. The van der Waals surface area contributed by atoms with Crippen LogP contribution in [0.4, 0.5) is 0 Å². The Hall–Kier alpha value is -3.80. The summed E-state index contributed by atoms with van der Waals surface area (Å²) in [6.45, 7) is 2.42. The number of pyridine rings is 1. The highest BCUT2D eigenvalue weighted by atomic mass is 16.5. The Bertz CT molecular complexity index is 1140. The molecule has 1 atom stereocenters. The molecule has 1 fully saturated rings. The van der Waals surface area contributed by atoms with E-state index in [1.807, 2.05) is 35.4 Å². The normalized spacial score (nSPS) is 19.1. The van der Waals surface area contributed by atoms with E-state index in [4.69, 9.17) is 14.6 Å². The molecular weight excluding hydrogens is 430 g/mol. The van der Waals surface area contributed by atoms with Gasteiger partial charge in [0.15, 0.2) is 5.82 Å². The molecule has 1 amide bonds. The predicted octanol–water partition coefficient (Wildman–Crippen LogP) is -0.0230. The molecule has 1 unspecified atom stereocenters. The lowest BCUT2D eigenvalue weighted by atomic mass is 10.0. The van der Waals surface area contributed by atoms with Crippen LogP contribution in [0.5, 0.6) is 0 Å². The van der Waals surface area contributed by atoms with Crippen molar-refractivity contribution >= 4 is 12.4 Å². The molecule has 0 radical (unpaired) electrons. The number of hydrogen-bond acceptors (Lipinski definition) is 7. The number of amides is 1. The Morgan fingerprint density at radius 2 is 2.09 bits per heavy atom. The number of carboxylic acid groups (broad SMARTS) is 1. The van der Waals surface area contributed by atoms with Crippen LogP contribution in [0, 0.1) is 0 Å². The molecule has 3 aromatic rings. The summed E-state index contributed by atoms with van der Waals surface area (Å²) in [6, 6.07) is 7.43. The smallest absolute Gasteiger partial charge is 0.346 e. The maximum atomic E-state index is 12.9. The molecule has 0 aromatic carbocycles. The van der Waals surface area contributed by atoms with E-state index < -0.39 is 5.60 Å². The van der Waals surface area contributed by atoms with Crippen LogP contribution >= 0.6 is 0 Å². The third-order valence-electron chi connectivity index (χ3n) is 5.77. The first kappa shape index (κ1) is 22.4. The summed E-state index contributed by atoms with van der Waals surface area (Å²) in [4.78, 5) is 40.0. The fourth-order valence-electron chi connectivity index (χ4n) is 4.16. The molecule has 5 heterocycles. The van der Waals surface area contributed by atoms with Gasteiger partial charge in [0.2, 0.25) is 5.91 Å². The minimum Gasteiger partial charge on any atom is -0.483 e. The second-order valence-corrected chi connectivity index (χ2v) is 7.93. The van der Waals surface area contributed by atoms with E-state index in [0.717, 1.165) is 5.69 Å². The summed E-state index contributed by atoms with van der Waals surface area (Å²) in [7, 11) is 0. The lowest BCUT2D eigenvalue weighted by molar-refractivity contribution is -0.133. The fourth-order valence-corrected chi connectivity index (χ4v) is 4.16. The Kier molecular flexibility index (Phi) is 6.63. The number of ether oxygens (including phenoxy) is 1. The molecule has 12 heteroatoms. The highest BCUT2D eigenvalue weighted by Crippen LogP contribution is 2.31. The Labute approximate surface area is 189 Å². The predicted molar refractivity (Wildman–Crippen MR) is 114 cm³/mol. The largest absolute Gasteiger partial charge is 0.483 e. The van der Waals surface area contributed by atoms with Crippen LogP contribution in [0.3, 0.4) is 0 Å². The fraction of sp³-hybridized carbons (Fsp3) is 0.429. The number of aryl methyl sites for hydroxylation is 1. The van der Waals surface area contributed by atoms with Gasteiger partial charge in [-0.2, -0.15) is 10.2 Å². The van der Waals surface area contributed by atoms with Crippen LogP contribution in [0.25, 0.3) is 0 Å². The summed E-state index contributed by atoms with van der Waals surface area (Å²) in [5, 5.41) is 15.4. The minimum atomic E-state index is -0.531. The van der Waals surface area contributed by atoms with E-state index in [0.29, 0.717) is 51.4 Å². The molecular formula is C21H25N7O5. The monoisotopic (exact) mass is 455 g/mol. The summed E-state index contributed by atoms with van der Waals surface area (Å²) in [6.07, 6.45) is 6.35. The molecule has 2 aliphatic rings. The molecule has 1 N–H and O–H groups in total. The summed E-state index contributed by atoms with van der Waals surface area (Å²) >= 11 is 0. The number of fused-ring (bicyclic) bond motifs is 1. The van der Waals surface area contributed by atoms with Gasteiger partial charge in [-0.15, -0.1) is 0 Å². The first-order chi connectivity index (χ1) is 16.0. The second kappa shape index (κ2) is 9.77.